The second-order valence-electron chi connectivity index (χ2n) is 6.29. The van der Waals surface area contributed by atoms with E-state index in [4.69, 9.17) is 10.5 Å². The minimum atomic E-state index is -0.894. The number of hydrogen-bond acceptors (Lipinski definition) is 8. The predicted molar refractivity (Wildman–Crippen MR) is 82.1 cm³/mol. The number of tetrazole rings is 1. The maximum absolute atomic E-state index is 12.7. The molecule has 2 N–H and O–H groups in total. The molecule has 2 fully saturated rings. The zero-order valence-corrected chi connectivity index (χ0v) is 14.1. The molecule has 0 spiro atoms. The number of ether oxygens (including phenoxy) is 1. The molecule has 3 atom stereocenters. The summed E-state index contributed by atoms with van der Waals surface area (Å²) in [5.41, 5.74) is 4.92. The first-order valence-electron chi connectivity index (χ1n) is 7.45. The molecule has 2 aliphatic rings. The summed E-state index contributed by atoms with van der Waals surface area (Å²) < 4.78 is 5.43. The molecule has 23 heavy (non-hydrogen) atoms. The van der Waals surface area contributed by atoms with E-state index in [1.807, 2.05) is 0 Å². The minimum Gasteiger partial charge on any atom is -0.462 e. The van der Waals surface area contributed by atoms with Crippen LogP contribution in [0.15, 0.2) is 0 Å². The predicted octanol–water partition coefficient (Wildman–Crippen LogP) is -0.838. The molecule has 0 aliphatic carbocycles. The van der Waals surface area contributed by atoms with Crippen LogP contribution in [0.2, 0.25) is 0 Å². The van der Waals surface area contributed by atoms with Gasteiger partial charge >= 0.3 is 5.97 Å². The first-order chi connectivity index (χ1) is 10.8. The van der Waals surface area contributed by atoms with Crippen molar-refractivity contribution in [3.8, 4) is 0 Å². The highest BCUT2D eigenvalue weighted by Gasteiger charge is 2.56. The molecule has 2 aliphatic heterocycles. The lowest BCUT2D eigenvalue weighted by molar-refractivity contribution is -0.165. The fourth-order valence-corrected chi connectivity index (χ4v) is 4.28. The number of hydrogen-bond donors (Lipinski definition) is 1. The summed E-state index contributed by atoms with van der Waals surface area (Å²) in [6, 6.07) is -0.481. The van der Waals surface area contributed by atoms with Gasteiger partial charge in [-0.25, -0.2) is 0 Å². The van der Waals surface area contributed by atoms with E-state index in [2.05, 4.69) is 15.4 Å². The highest BCUT2D eigenvalue weighted by atomic mass is 32.2. The largest absolute Gasteiger partial charge is 0.462 e. The molecule has 3 heterocycles. The molecule has 0 bridgehead atoms. The van der Waals surface area contributed by atoms with E-state index in [0.717, 1.165) is 0 Å². The minimum absolute atomic E-state index is 0.0621. The first-order valence-corrected chi connectivity index (χ1v) is 8.50. The summed E-state index contributed by atoms with van der Waals surface area (Å²) in [4.78, 5) is 27.7. The van der Waals surface area contributed by atoms with Gasteiger partial charge in [-0.15, -0.1) is 22.0 Å². The Hall–Kier alpha value is -1.68. The van der Waals surface area contributed by atoms with Crippen molar-refractivity contribution in [2.75, 3.05) is 12.3 Å². The van der Waals surface area contributed by atoms with Crippen LogP contribution in [-0.2, 0) is 20.9 Å². The standard InChI is InChI=1S/C13H20N6O3S/c1-7(2)22-12(21)13(5-19-16-8(3)15-17-19)4-18-10(20)9(14)11(18)23-6-13/h7,9,11H,4-6,14H2,1-3H3/t9?,11-,13?/m1/s1. The Kier molecular flexibility index (Phi) is 4.05. The Labute approximate surface area is 137 Å². The maximum atomic E-state index is 12.7. The number of carbonyl (C=O) groups excluding carboxylic acids is 2. The number of esters is 1. The van der Waals surface area contributed by atoms with Gasteiger partial charge in [0.1, 0.15) is 16.8 Å². The highest BCUT2D eigenvalue weighted by Crippen LogP contribution is 2.42. The van der Waals surface area contributed by atoms with Gasteiger partial charge in [0.2, 0.25) is 5.91 Å². The van der Waals surface area contributed by atoms with Crippen molar-refractivity contribution in [3.63, 3.8) is 0 Å². The number of fused-ring (bicyclic) bond motifs is 1. The zero-order valence-electron chi connectivity index (χ0n) is 13.3. The molecule has 1 aromatic rings. The number of aromatic nitrogens is 4. The van der Waals surface area contributed by atoms with Crippen molar-refractivity contribution in [1.82, 2.24) is 25.1 Å². The normalized spacial score (nSPS) is 30.1. The Morgan fingerprint density at radius 1 is 1.57 bits per heavy atom. The molecule has 0 radical (unpaired) electrons. The van der Waals surface area contributed by atoms with E-state index < -0.39 is 11.5 Å². The number of amides is 1. The lowest BCUT2D eigenvalue weighted by Gasteiger charge is -2.52. The third-order valence-corrected chi connectivity index (χ3v) is 5.57. The van der Waals surface area contributed by atoms with E-state index in [0.29, 0.717) is 11.6 Å². The number of nitrogens with zero attached hydrogens (tertiary/aromatic N) is 5. The monoisotopic (exact) mass is 340 g/mol. The van der Waals surface area contributed by atoms with Crippen LogP contribution in [0.3, 0.4) is 0 Å². The lowest BCUT2D eigenvalue weighted by Crippen LogP contribution is -2.72. The van der Waals surface area contributed by atoms with Crippen LogP contribution < -0.4 is 5.73 Å². The maximum Gasteiger partial charge on any atom is 0.316 e. The van der Waals surface area contributed by atoms with Crippen molar-refractivity contribution < 1.29 is 14.3 Å². The third-order valence-electron chi connectivity index (χ3n) is 3.96. The molecule has 9 nitrogen and oxygen atoms in total. The van der Waals surface area contributed by atoms with E-state index in [1.54, 1.807) is 25.7 Å². The second kappa shape index (κ2) is 5.75. The van der Waals surface area contributed by atoms with Gasteiger partial charge in [-0.3, -0.25) is 9.59 Å². The first kappa shape index (κ1) is 16.2. The Bertz CT molecular complexity index is 635. The van der Waals surface area contributed by atoms with Gasteiger partial charge in [0.05, 0.1) is 12.6 Å². The van der Waals surface area contributed by atoms with Gasteiger partial charge in [-0.1, -0.05) is 0 Å². The molecule has 0 aromatic carbocycles. The SMILES string of the molecule is Cc1nnn(CC2(C(=O)OC(C)C)CS[C@@H]3C(N)C(=O)N3C2)n1. The highest BCUT2D eigenvalue weighted by molar-refractivity contribution is 8.00. The fourth-order valence-electron chi connectivity index (χ4n) is 2.81. The van der Waals surface area contributed by atoms with Crippen LogP contribution in [0, 0.1) is 12.3 Å². The molecular weight excluding hydrogens is 320 g/mol. The molecule has 10 heteroatoms. The van der Waals surface area contributed by atoms with Gasteiger partial charge in [-0.05, 0) is 26.0 Å². The van der Waals surface area contributed by atoms with Crippen LogP contribution in [0.5, 0.6) is 0 Å². The topological polar surface area (TPSA) is 116 Å². The Morgan fingerprint density at radius 2 is 2.30 bits per heavy atom. The van der Waals surface area contributed by atoms with Gasteiger partial charge in [0, 0.05) is 12.3 Å². The van der Waals surface area contributed by atoms with Crippen LogP contribution in [0.25, 0.3) is 0 Å². The molecule has 2 saturated heterocycles. The number of nitrogens with two attached hydrogens (primary N) is 1. The summed E-state index contributed by atoms with van der Waals surface area (Å²) in [6.07, 6.45) is -0.234. The van der Waals surface area contributed by atoms with Crippen molar-refractivity contribution in [2.24, 2.45) is 11.1 Å². The van der Waals surface area contributed by atoms with Crippen LogP contribution >= 0.6 is 11.8 Å². The van der Waals surface area contributed by atoms with Crippen molar-refractivity contribution in [2.45, 2.75) is 44.8 Å². The summed E-state index contributed by atoms with van der Waals surface area (Å²) in [5.74, 6) is 0.551. The van der Waals surface area contributed by atoms with Crippen LogP contribution in [-0.4, -0.2) is 66.8 Å². The summed E-state index contributed by atoms with van der Waals surface area (Å²) in [6.45, 7) is 5.81. The van der Waals surface area contributed by atoms with E-state index in [1.165, 1.54) is 16.6 Å². The third kappa shape index (κ3) is 2.80. The second-order valence-corrected chi connectivity index (χ2v) is 7.40. The van der Waals surface area contributed by atoms with E-state index in [9.17, 15) is 9.59 Å². The number of rotatable bonds is 4. The molecule has 1 aromatic heterocycles. The van der Waals surface area contributed by atoms with Gasteiger partial charge in [0.15, 0.2) is 5.82 Å². The molecular formula is C13H20N6O3S. The number of carbonyl (C=O) groups is 2. The Morgan fingerprint density at radius 3 is 2.91 bits per heavy atom. The van der Waals surface area contributed by atoms with Crippen LogP contribution in [0.4, 0.5) is 0 Å². The van der Waals surface area contributed by atoms with E-state index in [-0.39, 0.29) is 36.4 Å². The smallest absolute Gasteiger partial charge is 0.316 e. The number of β-lactam (4-membered cyclic amide) rings is 1. The van der Waals surface area contributed by atoms with E-state index >= 15 is 0 Å². The van der Waals surface area contributed by atoms with Gasteiger partial charge in [0.25, 0.3) is 0 Å². The van der Waals surface area contributed by atoms with Crippen LogP contribution in [0.1, 0.15) is 19.7 Å². The average Bonchev–Trinajstić information content (AvgIpc) is 2.90. The average molecular weight is 340 g/mol. The summed E-state index contributed by atoms with van der Waals surface area (Å²) in [5, 5.41) is 11.9. The number of aryl methyl sites for hydroxylation is 1. The molecule has 2 unspecified atom stereocenters. The molecule has 1 amide bonds. The quantitative estimate of drug-likeness (QED) is 0.557. The van der Waals surface area contributed by atoms with Gasteiger partial charge < -0.3 is 15.4 Å². The van der Waals surface area contributed by atoms with Gasteiger partial charge in [-0.2, -0.15) is 4.80 Å². The van der Waals surface area contributed by atoms with Crippen molar-refractivity contribution in [3.05, 3.63) is 5.82 Å². The summed E-state index contributed by atoms with van der Waals surface area (Å²) >= 11 is 1.50. The zero-order chi connectivity index (χ0) is 16.8. The molecule has 3 rings (SSSR count). The van der Waals surface area contributed by atoms with Crippen molar-refractivity contribution in [1.29, 1.82) is 0 Å². The lowest BCUT2D eigenvalue weighted by atomic mass is 9.87. The number of thioether (sulfide) groups is 1. The Balaban J connectivity index is 1.85. The molecule has 126 valence electrons. The van der Waals surface area contributed by atoms with Crippen molar-refractivity contribution >= 4 is 23.6 Å². The molecule has 0 saturated carbocycles. The fraction of sp³-hybridized carbons (Fsp3) is 0.769. The summed E-state index contributed by atoms with van der Waals surface area (Å²) in [7, 11) is 0.